The molecule has 0 amide bonds. The fourth-order valence-corrected chi connectivity index (χ4v) is 3.85. The third-order valence-electron chi connectivity index (χ3n) is 4.99. The minimum absolute atomic E-state index is 0.342. The summed E-state index contributed by atoms with van der Waals surface area (Å²) >= 11 is 0. The van der Waals surface area contributed by atoms with Crippen LogP contribution in [0.5, 0.6) is 5.75 Å². The average Bonchev–Trinajstić information content (AvgIpc) is 2.79. The third-order valence-corrected chi connectivity index (χ3v) is 4.99. The quantitative estimate of drug-likeness (QED) is 0.915. The predicted octanol–water partition coefficient (Wildman–Crippen LogP) is 4.21. The van der Waals surface area contributed by atoms with Gasteiger partial charge in [0.05, 0.1) is 0 Å². The summed E-state index contributed by atoms with van der Waals surface area (Å²) in [4.78, 5) is 2.65. The number of fused-ring (bicyclic) bond motifs is 2. The standard InChI is InChI=1S/C20H21NO/c22-20-10-6-16(7-11-20)17-12-18-8-9-19(13-17)21(18)14-15-4-2-1-3-5-15/h1-7,10-12,18-19,22H,8-9,13-14H2. The fourth-order valence-electron chi connectivity index (χ4n) is 3.85. The van der Waals surface area contributed by atoms with Gasteiger partial charge in [0.25, 0.3) is 0 Å². The molecule has 0 spiro atoms. The van der Waals surface area contributed by atoms with Gasteiger partial charge < -0.3 is 5.11 Å². The van der Waals surface area contributed by atoms with Crippen LogP contribution in [-0.4, -0.2) is 22.1 Å². The zero-order valence-electron chi connectivity index (χ0n) is 12.7. The van der Waals surface area contributed by atoms with Crippen molar-refractivity contribution in [2.75, 3.05) is 0 Å². The van der Waals surface area contributed by atoms with E-state index in [-0.39, 0.29) is 0 Å². The van der Waals surface area contributed by atoms with Crippen molar-refractivity contribution >= 4 is 5.57 Å². The van der Waals surface area contributed by atoms with E-state index in [4.69, 9.17) is 0 Å². The molecule has 2 aliphatic heterocycles. The van der Waals surface area contributed by atoms with Crippen LogP contribution in [-0.2, 0) is 6.54 Å². The zero-order valence-corrected chi connectivity index (χ0v) is 12.7. The molecule has 1 fully saturated rings. The van der Waals surface area contributed by atoms with Crippen LogP contribution < -0.4 is 0 Å². The van der Waals surface area contributed by atoms with Crippen LogP contribution in [0.4, 0.5) is 0 Å². The highest BCUT2D eigenvalue weighted by molar-refractivity contribution is 5.68. The highest BCUT2D eigenvalue weighted by atomic mass is 16.3. The van der Waals surface area contributed by atoms with E-state index in [1.165, 1.54) is 29.5 Å². The van der Waals surface area contributed by atoms with Crippen LogP contribution in [0.15, 0.2) is 60.7 Å². The molecule has 2 nitrogen and oxygen atoms in total. The Morgan fingerprint density at radius 2 is 1.73 bits per heavy atom. The molecule has 2 unspecified atom stereocenters. The van der Waals surface area contributed by atoms with E-state index in [0.29, 0.717) is 17.8 Å². The molecular formula is C20H21NO. The summed E-state index contributed by atoms with van der Waals surface area (Å²) in [6.45, 7) is 1.05. The summed E-state index contributed by atoms with van der Waals surface area (Å²) in [6.07, 6.45) is 6.11. The smallest absolute Gasteiger partial charge is 0.115 e. The maximum absolute atomic E-state index is 9.45. The first-order valence-corrected chi connectivity index (χ1v) is 8.09. The molecule has 2 heteroatoms. The number of phenolic OH excluding ortho intramolecular Hbond substituents is 1. The van der Waals surface area contributed by atoms with E-state index in [1.54, 1.807) is 12.1 Å². The molecule has 0 radical (unpaired) electrons. The van der Waals surface area contributed by atoms with Crippen molar-refractivity contribution in [2.24, 2.45) is 0 Å². The molecule has 0 aromatic heterocycles. The van der Waals surface area contributed by atoms with Crippen molar-refractivity contribution in [1.29, 1.82) is 0 Å². The maximum Gasteiger partial charge on any atom is 0.115 e. The number of aromatic hydroxyl groups is 1. The molecule has 2 heterocycles. The fraction of sp³-hybridized carbons (Fsp3) is 0.300. The number of benzene rings is 2. The lowest BCUT2D eigenvalue weighted by Crippen LogP contribution is -2.37. The highest BCUT2D eigenvalue weighted by Crippen LogP contribution is 2.39. The van der Waals surface area contributed by atoms with Gasteiger partial charge in [-0.05, 0) is 48.1 Å². The molecule has 2 bridgehead atoms. The Balaban J connectivity index is 1.56. The van der Waals surface area contributed by atoms with Crippen molar-refractivity contribution in [3.8, 4) is 5.75 Å². The summed E-state index contributed by atoms with van der Waals surface area (Å²) in [6, 6.07) is 19.6. The second-order valence-corrected chi connectivity index (χ2v) is 6.40. The maximum atomic E-state index is 9.45. The van der Waals surface area contributed by atoms with Gasteiger partial charge in [0, 0.05) is 18.6 Å². The molecule has 2 atom stereocenters. The molecule has 1 N–H and O–H groups in total. The van der Waals surface area contributed by atoms with Crippen LogP contribution in [0, 0.1) is 0 Å². The summed E-state index contributed by atoms with van der Waals surface area (Å²) in [5.41, 5.74) is 4.10. The van der Waals surface area contributed by atoms with E-state index in [2.05, 4.69) is 41.3 Å². The largest absolute Gasteiger partial charge is 0.508 e. The summed E-state index contributed by atoms with van der Waals surface area (Å²) in [5.74, 6) is 0.342. The Kier molecular flexibility index (Phi) is 3.47. The summed E-state index contributed by atoms with van der Waals surface area (Å²) in [7, 11) is 0. The minimum atomic E-state index is 0.342. The van der Waals surface area contributed by atoms with E-state index in [0.717, 1.165) is 13.0 Å². The van der Waals surface area contributed by atoms with Gasteiger partial charge in [0.2, 0.25) is 0 Å². The van der Waals surface area contributed by atoms with Gasteiger partial charge >= 0.3 is 0 Å². The first-order chi connectivity index (χ1) is 10.8. The minimum Gasteiger partial charge on any atom is -0.508 e. The monoisotopic (exact) mass is 291 g/mol. The lowest BCUT2D eigenvalue weighted by molar-refractivity contribution is 0.203. The van der Waals surface area contributed by atoms with Gasteiger partial charge in [-0.1, -0.05) is 48.5 Å². The first-order valence-electron chi connectivity index (χ1n) is 8.09. The van der Waals surface area contributed by atoms with Gasteiger partial charge in [0.15, 0.2) is 0 Å². The molecule has 4 rings (SSSR count). The van der Waals surface area contributed by atoms with Crippen LogP contribution in [0.3, 0.4) is 0 Å². The lowest BCUT2D eigenvalue weighted by atomic mass is 9.94. The molecule has 0 saturated carbocycles. The highest BCUT2D eigenvalue weighted by Gasteiger charge is 2.36. The molecule has 2 aromatic rings. The van der Waals surface area contributed by atoms with Gasteiger partial charge in [0.1, 0.15) is 5.75 Å². The molecule has 2 aromatic carbocycles. The molecule has 112 valence electrons. The van der Waals surface area contributed by atoms with Crippen LogP contribution >= 0.6 is 0 Å². The number of rotatable bonds is 3. The SMILES string of the molecule is Oc1ccc(C2=CC3CCC(C2)N3Cc2ccccc2)cc1. The molecule has 2 aliphatic rings. The summed E-state index contributed by atoms with van der Waals surface area (Å²) < 4.78 is 0. The second kappa shape index (κ2) is 5.62. The lowest BCUT2D eigenvalue weighted by Gasteiger charge is -2.34. The van der Waals surface area contributed by atoms with Crippen LogP contribution in [0.1, 0.15) is 30.4 Å². The van der Waals surface area contributed by atoms with Crippen molar-refractivity contribution in [2.45, 2.75) is 37.9 Å². The Morgan fingerprint density at radius 1 is 0.955 bits per heavy atom. The number of phenols is 1. The van der Waals surface area contributed by atoms with Crippen molar-refractivity contribution in [3.05, 3.63) is 71.8 Å². The van der Waals surface area contributed by atoms with Gasteiger partial charge in [-0.15, -0.1) is 0 Å². The van der Waals surface area contributed by atoms with Gasteiger partial charge in [-0.3, -0.25) is 4.90 Å². The van der Waals surface area contributed by atoms with Crippen LogP contribution in [0.2, 0.25) is 0 Å². The topological polar surface area (TPSA) is 23.5 Å². The Labute approximate surface area is 131 Å². The molecule has 1 saturated heterocycles. The molecule has 0 aliphatic carbocycles. The number of hydrogen-bond donors (Lipinski definition) is 1. The number of nitrogens with zero attached hydrogens (tertiary/aromatic N) is 1. The van der Waals surface area contributed by atoms with Gasteiger partial charge in [-0.25, -0.2) is 0 Å². The third kappa shape index (κ3) is 2.55. The Morgan fingerprint density at radius 3 is 2.45 bits per heavy atom. The van der Waals surface area contributed by atoms with Crippen molar-refractivity contribution < 1.29 is 5.11 Å². The van der Waals surface area contributed by atoms with Crippen molar-refractivity contribution in [1.82, 2.24) is 4.90 Å². The average molecular weight is 291 g/mol. The number of hydrogen-bond acceptors (Lipinski definition) is 2. The second-order valence-electron chi connectivity index (χ2n) is 6.40. The Hall–Kier alpha value is -2.06. The van der Waals surface area contributed by atoms with Gasteiger partial charge in [-0.2, -0.15) is 0 Å². The normalized spacial score (nSPS) is 24.3. The zero-order chi connectivity index (χ0) is 14.9. The van der Waals surface area contributed by atoms with E-state index < -0.39 is 0 Å². The Bertz CT molecular complexity index is 675. The van der Waals surface area contributed by atoms with E-state index >= 15 is 0 Å². The van der Waals surface area contributed by atoms with E-state index in [9.17, 15) is 5.11 Å². The van der Waals surface area contributed by atoms with E-state index in [1.807, 2.05) is 12.1 Å². The predicted molar refractivity (Wildman–Crippen MR) is 89.5 cm³/mol. The molecule has 22 heavy (non-hydrogen) atoms. The molecular weight excluding hydrogens is 270 g/mol. The van der Waals surface area contributed by atoms with Crippen LogP contribution in [0.25, 0.3) is 5.57 Å². The van der Waals surface area contributed by atoms with Crippen molar-refractivity contribution in [3.63, 3.8) is 0 Å². The summed E-state index contributed by atoms with van der Waals surface area (Å²) in [5, 5.41) is 9.45. The first kappa shape index (κ1) is 13.6.